The van der Waals surface area contributed by atoms with Crippen LogP contribution in [0.1, 0.15) is 41.5 Å². The van der Waals surface area contributed by atoms with E-state index in [-0.39, 0.29) is 30.3 Å². The molecule has 0 aromatic heterocycles. The Balaban J connectivity index is 2.92. The van der Waals surface area contributed by atoms with Crippen LogP contribution in [0, 0.1) is 5.92 Å². The molecule has 0 bridgehead atoms. The molecule has 1 N–H and O–H groups in total. The van der Waals surface area contributed by atoms with E-state index in [2.05, 4.69) is 39.2 Å². The zero-order chi connectivity index (χ0) is 18.1. The van der Waals surface area contributed by atoms with Crippen molar-refractivity contribution in [3.63, 3.8) is 0 Å². The molecule has 1 fully saturated rings. The summed E-state index contributed by atoms with van der Waals surface area (Å²) in [7, 11) is -5.39. The van der Waals surface area contributed by atoms with Gasteiger partial charge in [0.2, 0.25) is 5.91 Å². The Morgan fingerprint density at radius 1 is 1.22 bits per heavy atom. The van der Waals surface area contributed by atoms with Crippen molar-refractivity contribution in [2.75, 3.05) is 13.2 Å². The van der Waals surface area contributed by atoms with Crippen molar-refractivity contribution in [3.8, 4) is 0 Å². The van der Waals surface area contributed by atoms with Gasteiger partial charge in [0.25, 0.3) is 0 Å². The Kier molecular flexibility index (Phi) is 6.67. The summed E-state index contributed by atoms with van der Waals surface area (Å²) in [4.78, 5) is 12.1. The standard InChI is InChI=1S/C15H32NO5PSi/c1-9-19-22(18,20-10-2)14-12(13(17)16-14)11(3)21-23(7,8)15(4,5)6/h11-12,14H,9-10H2,1-8H3,(H,16,17)/t11-,12+,14-/m1/s1. The monoisotopic (exact) mass is 365 g/mol. The van der Waals surface area contributed by atoms with Gasteiger partial charge >= 0.3 is 7.60 Å². The summed E-state index contributed by atoms with van der Waals surface area (Å²) in [5.41, 5.74) is 0. The van der Waals surface area contributed by atoms with Gasteiger partial charge in [-0.25, -0.2) is 0 Å². The van der Waals surface area contributed by atoms with E-state index in [4.69, 9.17) is 13.5 Å². The van der Waals surface area contributed by atoms with Crippen LogP contribution in [0.5, 0.6) is 0 Å². The average molecular weight is 365 g/mol. The van der Waals surface area contributed by atoms with E-state index in [1.807, 2.05) is 6.92 Å². The molecule has 0 saturated carbocycles. The molecule has 0 unspecified atom stereocenters. The molecule has 1 rings (SSSR count). The summed E-state index contributed by atoms with van der Waals surface area (Å²) in [6.07, 6.45) is -0.330. The lowest BCUT2D eigenvalue weighted by atomic mass is 9.96. The van der Waals surface area contributed by atoms with Crippen LogP contribution in [-0.2, 0) is 22.8 Å². The quantitative estimate of drug-likeness (QED) is 0.403. The number of carbonyl (C=O) groups is 1. The minimum Gasteiger partial charge on any atom is -0.413 e. The van der Waals surface area contributed by atoms with Crippen molar-refractivity contribution >= 4 is 21.8 Å². The molecule has 1 aliphatic heterocycles. The molecule has 1 saturated heterocycles. The van der Waals surface area contributed by atoms with Crippen LogP contribution >= 0.6 is 7.60 Å². The highest BCUT2D eigenvalue weighted by Crippen LogP contribution is 2.58. The van der Waals surface area contributed by atoms with Gasteiger partial charge in [-0.1, -0.05) is 20.8 Å². The van der Waals surface area contributed by atoms with E-state index in [0.29, 0.717) is 0 Å². The highest BCUT2D eigenvalue weighted by Gasteiger charge is 2.56. The van der Waals surface area contributed by atoms with Gasteiger partial charge in [-0.3, -0.25) is 9.36 Å². The van der Waals surface area contributed by atoms with Crippen LogP contribution < -0.4 is 5.32 Å². The first kappa shape index (κ1) is 20.8. The third-order valence-corrected chi connectivity index (χ3v) is 11.6. The fraction of sp³-hybridized carbons (Fsp3) is 0.933. The lowest BCUT2D eigenvalue weighted by Gasteiger charge is -2.46. The minimum atomic E-state index is -3.37. The molecule has 0 aliphatic carbocycles. The number of carbonyl (C=O) groups excluding carboxylic acids is 1. The molecular formula is C15H32NO5PSi. The Labute approximate surface area is 141 Å². The van der Waals surface area contributed by atoms with Gasteiger partial charge in [-0.2, -0.15) is 0 Å². The largest absolute Gasteiger partial charge is 0.413 e. The maximum atomic E-state index is 12.9. The summed E-state index contributed by atoms with van der Waals surface area (Å²) < 4.78 is 30.0. The molecule has 6 nitrogen and oxygen atoms in total. The molecular weight excluding hydrogens is 333 g/mol. The number of amides is 1. The van der Waals surface area contributed by atoms with Gasteiger partial charge in [-0.05, 0) is 38.9 Å². The molecule has 1 aliphatic rings. The van der Waals surface area contributed by atoms with Crippen LogP contribution in [0.25, 0.3) is 0 Å². The normalized spacial score (nSPS) is 24.1. The lowest BCUT2D eigenvalue weighted by Crippen LogP contribution is -2.63. The van der Waals surface area contributed by atoms with Gasteiger partial charge in [0, 0.05) is 0 Å². The van der Waals surface area contributed by atoms with Crippen LogP contribution in [-0.4, -0.2) is 39.3 Å². The Hall–Kier alpha value is -0.203. The van der Waals surface area contributed by atoms with E-state index in [1.54, 1.807) is 13.8 Å². The second kappa shape index (κ2) is 7.36. The van der Waals surface area contributed by atoms with E-state index < -0.39 is 27.6 Å². The van der Waals surface area contributed by atoms with Crippen molar-refractivity contribution < 1.29 is 22.8 Å². The number of rotatable bonds is 8. The number of β-lactam (4-membered cyclic amide) rings is 1. The molecule has 23 heavy (non-hydrogen) atoms. The first-order valence-electron chi connectivity index (χ1n) is 8.26. The van der Waals surface area contributed by atoms with E-state index in [1.165, 1.54) is 0 Å². The molecule has 0 radical (unpaired) electrons. The summed E-state index contributed by atoms with van der Waals surface area (Å²) in [6.45, 7) is 16.7. The van der Waals surface area contributed by atoms with Gasteiger partial charge in [0.05, 0.1) is 25.2 Å². The molecule has 0 aromatic carbocycles. The molecule has 0 spiro atoms. The summed E-state index contributed by atoms with van der Waals surface area (Å²) in [5.74, 6) is -1.29. The third kappa shape index (κ3) is 4.45. The van der Waals surface area contributed by atoms with E-state index in [0.717, 1.165) is 0 Å². The SMILES string of the molecule is CCOP(=O)(OCC)[C@H]1NC(=O)[C@@H]1[C@@H](C)O[Si](C)(C)C(C)(C)C. The molecule has 3 atom stereocenters. The van der Waals surface area contributed by atoms with Crippen LogP contribution in [0.15, 0.2) is 0 Å². The van der Waals surface area contributed by atoms with Crippen molar-refractivity contribution in [2.24, 2.45) is 5.92 Å². The van der Waals surface area contributed by atoms with Crippen molar-refractivity contribution in [2.45, 2.75) is 71.6 Å². The fourth-order valence-electron chi connectivity index (χ4n) is 2.40. The highest BCUT2D eigenvalue weighted by atomic mass is 31.2. The zero-order valence-electron chi connectivity index (χ0n) is 15.6. The van der Waals surface area contributed by atoms with Gasteiger partial charge < -0.3 is 18.8 Å². The van der Waals surface area contributed by atoms with Gasteiger partial charge in [0.1, 0.15) is 5.78 Å². The lowest BCUT2D eigenvalue weighted by molar-refractivity contribution is -0.137. The summed E-state index contributed by atoms with van der Waals surface area (Å²) in [5, 5.41) is 2.73. The van der Waals surface area contributed by atoms with Crippen LogP contribution in [0.4, 0.5) is 0 Å². The number of hydrogen-bond donors (Lipinski definition) is 1. The Morgan fingerprint density at radius 3 is 2.04 bits per heavy atom. The second-order valence-electron chi connectivity index (χ2n) is 7.44. The predicted molar refractivity (Wildman–Crippen MR) is 94.0 cm³/mol. The summed E-state index contributed by atoms with van der Waals surface area (Å²) in [6, 6.07) is 0. The van der Waals surface area contributed by atoms with Crippen molar-refractivity contribution in [1.29, 1.82) is 0 Å². The number of hydrogen-bond acceptors (Lipinski definition) is 5. The van der Waals surface area contributed by atoms with Crippen LogP contribution in [0.3, 0.4) is 0 Å². The van der Waals surface area contributed by atoms with Gasteiger partial charge in [-0.15, -0.1) is 0 Å². The Morgan fingerprint density at radius 2 is 1.70 bits per heavy atom. The second-order valence-corrected chi connectivity index (χ2v) is 14.3. The predicted octanol–water partition coefficient (Wildman–Crippen LogP) is 3.73. The average Bonchev–Trinajstić information content (AvgIpc) is 2.33. The highest BCUT2D eigenvalue weighted by molar-refractivity contribution is 7.54. The number of nitrogens with one attached hydrogen (secondary N) is 1. The molecule has 1 amide bonds. The summed E-state index contributed by atoms with van der Waals surface area (Å²) >= 11 is 0. The van der Waals surface area contributed by atoms with E-state index >= 15 is 0 Å². The molecule has 136 valence electrons. The Bertz CT molecular complexity index is 467. The van der Waals surface area contributed by atoms with Crippen LogP contribution in [0.2, 0.25) is 18.1 Å². The maximum absolute atomic E-state index is 12.9. The molecule has 0 aromatic rings. The zero-order valence-corrected chi connectivity index (χ0v) is 17.5. The van der Waals surface area contributed by atoms with E-state index in [9.17, 15) is 9.36 Å². The smallest absolute Gasteiger partial charge is 0.353 e. The van der Waals surface area contributed by atoms with Crippen molar-refractivity contribution in [3.05, 3.63) is 0 Å². The molecule has 1 heterocycles. The molecule has 8 heteroatoms. The van der Waals surface area contributed by atoms with Gasteiger partial charge in [0.15, 0.2) is 8.32 Å². The third-order valence-electron chi connectivity index (χ3n) is 4.68. The van der Waals surface area contributed by atoms with Crippen molar-refractivity contribution in [1.82, 2.24) is 5.32 Å². The first-order valence-corrected chi connectivity index (χ1v) is 12.8. The topological polar surface area (TPSA) is 73.9 Å². The first-order chi connectivity index (χ1) is 10.4. The maximum Gasteiger partial charge on any atom is 0.353 e. The fourth-order valence-corrected chi connectivity index (χ4v) is 6.00. The minimum absolute atomic E-state index is 0.0422.